The molecule has 0 amide bonds. The molecule has 1 aliphatic rings. The van der Waals surface area contributed by atoms with Gasteiger partial charge in [-0.2, -0.15) is 5.10 Å². The van der Waals surface area contributed by atoms with Crippen LogP contribution in [0.25, 0.3) is 0 Å². The van der Waals surface area contributed by atoms with E-state index in [9.17, 15) is 4.39 Å². The van der Waals surface area contributed by atoms with Crippen LogP contribution in [0.3, 0.4) is 0 Å². The molecule has 72 valence electrons. The zero-order chi connectivity index (χ0) is 9.31. The first-order valence-corrected chi connectivity index (χ1v) is 4.54. The normalized spacial score (nSPS) is 19.8. The summed E-state index contributed by atoms with van der Waals surface area (Å²) in [6, 6.07) is 0. The highest BCUT2D eigenvalue weighted by molar-refractivity contribution is 5.09. The zero-order valence-corrected chi connectivity index (χ0v) is 7.63. The minimum atomic E-state index is -1.29. The van der Waals surface area contributed by atoms with E-state index in [0.29, 0.717) is 18.9 Å². The lowest BCUT2D eigenvalue weighted by Gasteiger charge is -2.33. The molecule has 1 aromatic rings. The van der Waals surface area contributed by atoms with Gasteiger partial charge in [0.1, 0.15) is 6.33 Å². The number of rotatable bonds is 3. The van der Waals surface area contributed by atoms with Crippen LogP contribution in [0.2, 0.25) is 0 Å². The molecule has 1 saturated heterocycles. The van der Waals surface area contributed by atoms with E-state index in [1.165, 1.54) is 6.33 Å². The van der Waals surface area contributed by atoms with Gasteiger partial charge in [-0.25, -0.2) is 14.1 Å². The summed E-state index contributed by atoms with van der Waals surface area (Å²) in [6.07, 6.45) is 2.37. The van der Waals surface area contributed by atoms with Gasteiger partial charge in [-0.05, 0) is 6.42 Å². The first kappa shape index (κ1) is 8.62. The molecule has 1 fully saturated rings. The summed E-state index contributed by atoms with van der Waals surface area (Å²) in [5.41, 5.74) is -1.29. The van der Waals surface area contributed by atoms with Gasteiger partial charge in [0.05, 0.1) is 0 Å². The summed E-state index contributed by atoms with van der Waals surface area (Å²) < 4.78 is 15.5. The number of hydrogen-bond donors (Lipinski definition) is 1. The maximum absolute atomic E-state index is 13.9. The number of nitrogens with one attached hydrogen (secondary N) is 1. The molecule has 0 radical (unpaired) electrons. The number of alkyl halides is 1. The highest BCUT2D eigenvalue weighted by Crippen LogP contribution is 2.27. The molecule has 0 aromatic carbocycles. The van der Waals surface area contributed by atoms with Crippen LogP contribution in [0, 0.1) is 0 Å². The SMILES string of the molecule is CCCn1ncnc1C1(F)CNC1. The van der Waals surface area contributed by atoms with E-state index in [1.807, 2.05) is 6.92 Å². The zero-order valence-electron chi connectivity index (χ0n) is 7.63. The Kier molecular flexibility index (Phi) is 2.03. The quantitative estimate of drug-likeness (QED) is 0.742. The lowest BCUT2D eigenvalue weighted by atomic mass is 9.98. The van der Waals surface area contributed by atoms with Crippen LogP contribution in [-0.2, 0) is 12.2 Å². The fraction of sp³-hybridized carbons (Fsp3) is 0.750. The Morgan fingerprint density at radius 3 is 3.00 bits per heavy atom. The molecule has 0 saturated carbocycles. The number of halogens is 1. The van der Waals surface area contributed by atoms with E-state index < -0.39 is 5.67 Å². The Labute approximate surface area is 76.2 Å². The fourth-order valence-corrected chi connectivity index (χ4v) is 1.49. The van der Waals surface area contributed by atoms with Crippen molar-refractivity contribution >= 4 is 0 Å². The molecular weight excluding hydrogens is 171 g/mol. The summed E-state index contributed by atoms with van der Waals surface area (Å²) in [7, 11) is 0. The molecule has 0 unspecified atom stereocenters. The second-order valence-electron chi connectivity index (χ2n) is 3.38. The van der Waals surface area contributed by atoms with Crippen molar-refractivity contribution in [3.05, 3.63) is 12.2 Å². The highest BCUT2D eigenvalue weighted by atomic mass is 19.1. The second kappa shape index (κ2) is 3.06. The van der Waals surface area contributed by atoms with Crippen molar-refractivity contribution in [3.8, 4) is 0 Å². The van der Waals surface area contributed by atoms with Crippen LogP contribution in [0.4, 0.5) is 4.39 Å². The topological polar surface area (TPSA) is 42.7 Å². The minimum Gasteiger partial charge on any atom is -0.309 e. The molecule has 2 heterocycles. The number of nitrogens with zero attached hydrogens (tertiary/aromatic N) is 3. The van der Waals surface area contributed by atoms with Crippen LogP contribution in [-0.4, -0.2) is 27.9 Å². The van der Waals surface area contributed by atoms with Crippen LogP contribution in [0.1, 0.15) is 19.2 Å². The first-order chi connectivity index (χ1) is 6.26. The van der Waals surface area contributed by atoms with E-state index >= 15 is 0 Å². The van der Waals surface area contributed by atoms with Gasteiger partial charge in [-0.15, -0.1) is 0 Å². The third-order valence-electron chi connectivity index (χ3n) is 2.26. The number of aromatic nitrogens is 3. The van der Waals surface area contributed by atoms with Gasteiger partial charge < -0.3 is 5.32 Å². The fourth-order valence-electron chi connectivity index (χ4n) is 1.49. The van der Waals surface area contributed by atoms with Gasteiger partial charge in [0.25, 0.3) is 0 Å². The van der Waals surface area contributed by atoms with Gasteiger partial charge in [0.15, 0.2) is 11.5 Å². The van der Waals surface area contributed by atoms with Crippen LogP contribution >= 0.6 is 0 Å². The summed E-state index contributed by atoms with van der Waals surface area (Å²) >= 11 is 0. The van der Waals surface area contributed by atoms with Gasteiger partial charge in [0, 0.05) is 19.6 Å². The van der Waals surface area contributed by atoms with E-state index in [0.717, 1.165) is 13.0 Å². The first-order valence-electron chi connectivity index (χ1n) is 4.54. The van der Waals surface area contributed by atoms with Crippen LogP contribution in [0.15, 0.2) is 6.33 Å². The van der Waals surface area contributed by atoms with Gasteiger partial charge in [0.2, 0.25) is 0 Å². The second-order valence-corrected chi connectivity index (χ2v) is 3.38. The Hall–Kier alpha value is -0.970. The van der Waals surface area contributed by atoms with E-state index in [4.69, 9.17) is 0 Å². The van der Waals surface area contributed by atoms with Crippen LogP contribution < -0.4 is 5.32 Å². The predicted molar refractivity (Wildman–Crippen MR) is 46.0 cm³/mol. The molecule has 0 atom stereocenters. The molecule has 1 N–H and O–H groups in total. The maximum Gasteiger partial charge on any atom is 0.194 e. The third kappa shape index (κ3) is 1.33. The highest BCUT2D eigenvalue weighted by Gasteiger charge is 2.43. The lowest BCUT2D eigenvalue weighted by Crippen LogP contribution is -2.55. The Balaban J connectivity index is 2.23. The Morgan fingerprint density at radius 2 is 2.46 bits per heavy atom. The van der Waals surface area contributed by atoms with Crippen LogP contribution in [0.5, 0.6) is 0 Å². The average molecular weight is 184 g/mol. The molecule has 0 aliphatic carbocycles. The maximum atomic E-state index is 13.9. The molecule has 4 nitrogen and oxygen atoms in total. The van der Waals surface area contributed by atoms with Crippen molar-refractivity contribution < 1.29 is 4.39 Å². The van der Waals surface area contributed by atoms with E-state index in [1.54, 1.807) is 4.68 Å². The summed E-state index contributed by atoms with van der Waals surface area (Å²) in [5.74, 6) is 0.466. The molecule has 0 spiro atoms. The van der Waals surface area contributed by atoms with Crippen molar-refractivity contribution in [2.24, 2.45) is 0 Å². The largest absolute Gasteiger partial charge is 0.309 e. The Morgan fingerprint density at radius 1 is 1.69 bits per heavy atom. The van der Waals surface area contributed by atoms with Crippen molar-refractivity contribution in [1.29, 1.82) is 0 Å². The van der Waals surface area contributed by atoms with E-state index in [-0.39, 0.29) is 0 Å². The molecule has 2 rings (SSSR count). The van der Waals surface area contributed by atoms with Crippen molar-refractivity contribution in [2.75, 3.05) is 13.1 Å². The van der Waals surface area contributed by atoms with Crippen molar-refractivity contribution in [2.45, 2.75) is 25.6 Å². The third-order valence-corrected chi connectivity index (χ3v) is 2.26. The smallest absolute Gasteiger partial charge is 0.194 e. The minimum absolute atomic E-state index is 0.357. The molecule has 5 heteroatoms. The lowest BCUT2D eigenvalue weighted by molar-refractivity contribution is 0.0727. The summed E-state index contributed by atoms with van der Waals surface area (Å²) in [6.45, 7) is 3.49. The predicted octanol–water partition coefficient (Wildman–Crippen LogP) is 0.456. The van der Waals surface area contributed by atoms with Gasteiger partial charge in [-0.3, -0.25) is 0 Å². The number of hydrogen-bond acceptors (Lipinski definition) is 3. The average Bonchev–Trinajstić information content (AvgIpc) is 2.49. The summed E-state index contributed by atoms with van der Waals surface area (Å²) in [4.78, 5) is 3.97. The van der Waals surface area contributed by atoms with Gasteiger partial charge in [-0.1, -0.05) is 6.92 Å². The Bertz CT molecular complexity index is 292. The summed E-state index contributed by atoms with van der Waals surface area (Å²) in [5, 5.41) is 6.90. The van der Waals surface area contributed by atoms with E-state index in [2.05, 4.69) is 15.4 Å². The standard InChI is InChI=1S/C8H13FN4/c1-2-3-13-7(11-6-12-13)8(9)4-10-5-8/h6,10H,2-5H2,1H3. The monoisotopic (exact) mass is 184 g/mol. The molecule has 13 heavy (non-hydrogen) atoms. The molecule has 0 bridgehead atoms. The molecule has 1 aliphatic heterocycles. The number of aryl methyl sites for hydroxylation is 1. The van der Waals surface area contributed by atoms with Gasteiger partial charge >= 0.3 is 0 Å². The van der Waals surface area contributed by atoms with Crippen molar-refractivity contribution in [1.82, 2.24) is 20.1 Å². The molecular formula is C8H13FN4. The molecule has 1 aromatic heterocycles. The van der Waals surface area contributed by atoms with Crippen molar-refractivity contribution in [3.63, 3.8) is 0 Å².